The third kappa shape index (κ3) is 3.71. The lowest BCUT2D eigenvalue weighted by atomic mass is 9.86. The number of piperidine rings is 1. The molecule has 2 nitrogen and oxygen atoms in total. The maximum atomic E-state index is 5.96. The highest BCUT2D eigenvalue weighted by Gasteiger charge is 2.32. The summed E-state index contributed by atoms with van der Waals surface area (Å²) in [6.45, 7) is 11.7. The fourth-order valence-corrected chi connectivity index (χ4v) is 3.71. The minimum Gasteiger partial charge on any atom is -0.376 e. The van der Waals surface area contributed by atoms with Crippen LogP contribution in [0.1, 0.15) is 59.8 Å². The first-order valence-electron chi connectivity index (χ1n) is 7.95. The van der Waals surface area contributed by atoms with Crippen LogP contribution in [-0.2, 0) is 4.74 Å². The van der Waals surface area contributed by atoms with E-state index < -0.39 is 0 Å². The number of ether oxygens (including phenoxy) is 1. The number of likely N-dealkylation sites (tertiary alicyclic amines) is 1. The Morgan fingerprint density at radius 1 is 0.944 bits per heavy atom. The number of hydrogen-bond acceptors (Lipinski definition) is 2. The van der Waals surface area contributed by atoms with Crippen LogP contribution in [-0.4, -0.2) is 36.2 Å². The zero-order chi connectivity index (χ0) is 13.1. The average molecular weight is 253 g/mol. The standard InChI is InChI=1S/C16H31NO/c1-12(2)14-7-9-17(10-8-14)15-5-6-16(11-15)18-13(3)4/h12-16H,5-11H2,1-4H3. The molecule has 2 rings (SSSR count). The van der Waals surface area contributed by atoms with Gasteiger partial charge in [-0.1, -0.05) is 13.8 Å². The highest BCUT2D eigenvalue weighted by molar-refractivity contribution is 4.86. The molecule has 0 N–H and O–H groups in total. The predicted octanol–water partition coefficient (Wildman–Crippen LogP) is 3.70. The van der Waals surface area contributed by atoms with E-state index in [1.165, 1.54) is 45.2 Å². The van der Waals surface area contributed by atoms with Gasteiger partial charge in [-0.25, -0.2) is 0 Å². The first-order chi connectivity index (χ1) is 8.56. The molecule has 1 saturated heterocycles. The third-order valence-corrected chi connectivity index (χ3v) is 4.85. The molecular formula is C16H31NO. The Hall–Kier alpha value is -0.0800. The molecule has 0 bridgehead atoms. The molecule has 1 aliphatic carbocycles. The molecular weight excluding hydrogens is 222 g/mol. The smallest absolute Gasteiger partial charge is 0.0594 e. The van der Waals surface area contributed by atoms with Crippen LogP contribution in [0.5, 0.6) is 0 Å². The molecule has 2 fully saturated rings. The fraction of sp³-hybridized carbons (Fsp3) is 1.00. The summed E-state index contributed by atoms with van der Waals surface area (Å²) < 4.78 is 5.96. The van der Waals surface area contributed by atoms with Crippen molar-refractivity contribution in [3.63, 3.8) is 0 Å². The Bertz CT molecular complexity index is 243. The quantitative estimate of drug-likeness (QED) is 0.757. The van der Waals surface area contributed by atoms with Crippen LogP contribution in [0.25, 0.3) is 0 Å². The molecule has 1 aliphatic heterocycles. The van der Waals surface area contributed by atoms with E-state index in [1.54, 1.807) is 0 Å². The summed E-state index contributed by atoms with van der Waals surface area (Å²) in [4.78, 5) is 2.74. The van der Waals surface area contributed by atoms with Gasteiger partial charge in [0, 0.05) is 6.04 Å². The lowest BCUT2D eigenvalue weighted by Gasteiger charge is -2.37. The second-order valence-corrected chi connectivity index (χ2v) is 6.89. The van der Waals surface area contributed by atoms with Gasteiger partial charge in [0.15, 0.2) is 0 Å². The lowest BCUT2D eigenvalue weighted by Crippen LogP contribution is -2.41. The molecule has 0 radical (unpaired) electrons. The van der Waals surface area contributed by atoms with E-state index in [0.717, 1.165) is 17.9 Å². The van der Waals surface area contributed by atoms with Gasteiger partial charge in [-0.3, -0.25) is 0 Å². The van der Waals surface area contributed by atoms with Crippen molar-refractivity contribution in [2.24, 2.45) is 11.8 Å². The number of nitrogens with zero attached hydrogens (tertiary/aromatic N) is 1. The van der Waals surface area contributed by atoms with Gasteiger partial charge in [-0.2, -0.15) is 0 Å². The molecule has 2 heteroatoms. The predicted molar refractivity (Wildman–Crippen MR) is 76.8 cm³/mol. The van der Waals surface area contributed by atoms with Gasteiger partial charge in [0.1, 0.15) is 0 Å². The van der Waals surface area contributed by atoms with Crippen LogP contribution >= 0.6 is 0 Å². The molecule has 0 spiro atoms. The van der Waals surface area contributed by atoms with Crippen LogP contribution in [0.15, 0.2) is 0 Å². The second kappa shape index (κ2) is 6.38. The average Bonchev–Trinajstić information content (AvgIpc) is 2.76. The van der Waals surface area contributed by atoms with Gasteiger partial charge >= 0.3 is 0 Å². The van der Waals surface area contributed by atoms with Gasteiger partial charge in [-0.15, -0.1) is 0 Å². The summed E-state index contributed by atoms with van der Waals surface area (Å²) in [6.07, 6.45) is 7.62. The van der Waals surface area contributed by atoms with Gasteiger partial charge < -0.3 is 9.64 Å². The van der Waals surface area contributed by atoms with Crippen molar-refractivity contribution < 1.29 is 4.74 Å². The second-order valence-electron chi connectivity index (χ2n) is 6.89. The Balaban J connectivity index is 1.74. The summed E-state index contributed by atoms with van der Waals surface area (Å²) in [6, 6.07) is 0.807. The van der Waals surface area contributed by atoms with Crippen molar-refractivity contribution in [2.45, 2.75) is 78.0 Å². The summed E-state index contributed by atoms with van der Waals surface area (Å²) in [7, 11) is 0. The van der Waals surface area contributed by atoms with Gasteiger partial charge in [0.2, 0.25) is 0 Å². The maximum absolute atomic E-state index is 5.96. The van der Waals surface area contributed by atoms with Crippen LogP contribution in [0, 0.1) is 11.8 Å². The van der Waals surface area contributed by atoms with Crippen LogP contribution < -0.4 is 0 Å². The lowest BCUT2D eigenvalue weighted by molar-refractivity contribution is 0.00609. The molecule has 0 aromatic carbocycles. The summed E-state index contributed by atoms with van der Waals surface area (Å²) >= 11 is 0. The highest BCUT2D eigenvalue weighted by Crippen LogP contribution is 2.32. The molecule has 0 aromatic rings. The zero-order valence-electron chi connectivity index (χ0n) is 12.7. The number of rotatable bonds is 4. The van der Waals surface area contributed by atoms with E-state index in [2.05, 4.69) is 32.6 Å². The fourth-order valence-electron chi connectivity index (χ4n) is 3.71. The molecule has 2 atom stereocenters. The van der Waals surface area contributed by atoms with E-state index in [0.29, 0.717) is 12.2 Å². The van der Waals surface area contributed by atoms with Gasteiger partial charge in [0.25, 0.3) is 0 Å². The van der Waals surface area contributed by atoms with Gasteiger partial charge in [-0.05, 0) is 70.9 Å². The first kappa shape index (κ1) is 14.3. The van der Waals surface area contributed by atoms with Crippen molar-refractivity contribution in [1.82, 2.24) is 4.90 Å². The topological polar surface area (TPSA) is 12.5 Å². The van der Waals surface area contributed by atoms with Crippen LogP contribution in [0.2, 0.25) is 0 Å². The summed E-state index contributed by atoms with van der Waals surface area (Å²) in [5.41, 5.74) is 0. The summed E-state index contributed by atoms with van der Waals surface area (Å²) in [5.74, 6) is 1.83. The monoisotopic (exact) mass is 253 g/mol. The van der Waals surface area contributed by atoms with Crippen LogP contribution in [0.3, 0.4) is 0 Å². The summed E-state index contributed by atoms with van der Waals surface area (Å²) in [5, 5.41) is 0. The Kier molecular flexibility index (Phi) is 5.08. The molecule has 1 saturated carbocycles. The van der Waals surface area contributed by atoms with E-state index in [9.17, 15) is 0 Å². The highest BCUT2D eigenvalue weighted by atomic mass is 16.5. The van der Waals surface area contributed by atoms with Crippen molar-refractivity contribution in [1.29, 1.82) is 0 Å². The molecule has 2 unspecified atom stereocenters. The van der Waals surface area contributed by atoms with Gasteiger partial charge in [0.05, 0.1) is 12.2 Å². The molecule has 106 valence electrons. The third-order valence-electron chi connectivity index (χ3n) is 4.85. The van der Waals surface area contributed by atoms with E-state index in [4.69, 9.17) is 4.74 Å². The molecule has 1 heterocycles. The normalized spacial score (nSPS) is 31.7. The first-order valence-corrected chi connectivity index (χ1v) is 7.95. The SMILES string of the molecule is CC(C)OC1CCC(N2CCC(C(C)C)CC2)C1. The van der Waals surface area contributed by atoms with Crippen LogP contribution in [0.4, 0.5) is 0 Å². The Morgan fingerprint density at radius 2 is 1.61 bits per heavy atom. The molecule has 2 aliphatic rings. The van der Waals surface area contributed by atoms with Crippen molar-refractivity contribution in [3.8, 4) is 0 Å². The van der Waals surface area contributed by atoms with E-state index in [1.807, 2.05) is 0 Å². The Labute approximate surface area is 113 Å². The number of hydrogen-bond donors (Lipinski definition) is 0. The largest absolute Gasteiger partial charge is 0.376 e. The minimum atomic E-state index is 0.389. The zero-order valence-corrected chi connectivity index (χ0v) is 12.7. The maximum Gasteiger partial charge on any atom is 0.0594 e. The van der Waals surface area contributed by atoms with Crippen molar-refractivity contribution in [3.05, 3.63) is 0 Å². The Morgan fingerprint density at radius 3 is 2.17 bits per heavy atom. The van der Waals surface area contributed by atoms with Crippen molar-refractivity contribution >= 4 is 0 Å². The van der Waals surface area contributed by atoms with Crippen molar-refractivity contribution in [2.75, 3.05) is 13.1 Å². The van der Waals surface area contributed by atoms with E-state index in [-0.39, 0.29) is 0 Å². The molecule has 18 heavy (non-hydrogen) atoms. The van der Waals surface area contributed by atoms with E-state index >= 15 is 0 Å². The minimum absolute atomic E-state index is 0.389. The molecule has 0 aromatic heterocycles. The molecule has 0 amide bonds.